The summed E-state index contributed by atoms with van der Waals surface area (Å²) in [5.74, 6) is 0.896. The molecule has 0 bridgehead atoms. The molecule has 22 heavy (non-hydrogen) atoms. The third-order valence-corrected chi connectivity index (χ3v) is 3.82. The van der Waals surface area contributed by atoms with Crippen LogP contribution in [-0.2, 0) is 7.05 Å². The first-order valence-corrected chi connectivity index (χ1v) is 7.35. The van der Waals surface area contributed by atoms with E-state index in [9.17, 15) is 9.18 Å². The van der Waals surface area contributed by atoms with Crippen LogP contribution in [0.3, 0.4) is 0 Å². The standard InChI is InChI=1S/C16H19FN4O/c1-10-7-12(17)9-13(8-10)19-16(22)20-14(11-3-4-11)15-18-5-6-21(15)2/h5-9,11,14H,3-4H2,1-2H3,(H2,19,20,22)/t14-/m1/s1. The molecule has 1 aromatic carbocycles. The minimum Gasteiger partial charge on any atom is -0.336 e. The molecule has 1 aromatic heterocycles. The molecule has 2 aromatic rings. The highest BCUT2D eigenvalue weighted by molar-refractivity contribution is 5.89. The average Bonchev–Trinajstić information content (AvgIpc) is 3.17. The molecule has 1 saturated carbocycles. The van der Waals surface area contributed by atoms with Crippen LogP contribution in [0, 0.1) is 18.7 Å². The summed E-state index contributed by atoms with van der Waals surface area (Å²) in [6.45, 7) is 1.78. The lowest BCUT2D eigenvalue weighted by molar-refractivity contribution is 0.246. The number of hydrogen-bond acceptors (Lipinski definition) is 2. The second-order valence-corrected chi connectivity index (χ2v) is 5.83. The maximum atomic E-state index is 13.4. The fourth-order valence-corrected chi connectivity index (χ4v) is 2.62. The molecule has 0 unspecified atom stereocenters. The van der Waals surface area contributed by atoms with Crippen LogP contribution in [0.25, 0.3) is 0 Å². The molecule has 0 spiro atoms. The van der Waals surface area contributed by atoms with Crippen molar-refractivity contribution in [1.29, 1.82) is 0 Å². The summed E-state index contributed by atoms with van der Waals surface area (Å²) in [4.78, 5) is 16.5. The summed E-state index contributed by atoms with van der Waals surface area (Å²) < 4.78 is 15.3. The highest BCUT2D eigenvalue weighted by Crippen LogP contribution is 2.40. The van der Waals surface area contributed by atoms with Crippen LogP contribution < -0.4 is 10.6 Å². The van der Waals surface area contributed by atoms with Gasteiger partial charge in [0.25, 0.3) is 0 Å². The Labute approximate surface area is 128 Å². The first kappa shape index (κ1) is 14.6. The van der Waals surface area contributed by atoms with Crippen LogP contribution >= 0.6 is 0 Å². The molecular weight excluding hydrogens is 283 g/mol. The van der Waals surface area contributed by atoms with E-state index in [1.807, 2.05) is 17.8 Å². The zero-order valence-corrected chi connectivity index (χ0v) is 12.6. The Bertz CT molecular complexity index is 673. The predicted molar refractivity (Wildman–Crippen MR) is 82.0 cm³/mol. The number of imidazole rings is 1. The maximum absolute atomic E-state index is 13.4. The lowest BCUT2D eigenvalue weighted by atomic mass is 10.1. The maximum Gasteiger partial charge on any atom is 0.319 e. The number of nitrogens with zero attached hydrogens (tertiary/aromatic N) is 2. The number of aryl methyl sites for hydroxylation is 2. The minimum absolute atomic E-state index is 0.116. The summed E-state index contributed by atoms with van der Waals surface area (Å²) in [7, 11) is 1.91. The molecule has 116 valence electrons. The van der Waals surface area contributed by atoms with Gasteiger partial charge in [-0.1, -0.05) is 0 Å². The lowest BCUT2D eigenvalue weighted by Crippen LogP contribution is -2.35. The number of nitrogens with one attached hydrogen (secondary N) is 2. The topological polar surface area (TPSA) is 59.0 Å². The second kappa shape index (κ2) is 5.79. The number of aromatic nitrogens is 2. The quantitative estimate of drug-likeness (QED) is 0.911. The number of hydrogen-bond donors (Lipinski definition) is 2. The van der Waals surface area contributed by atoms with E-state index >= 15 is 0 Å². The molecule has 0 saturated heterocycles. The monoisotopic (exact) mass is 302 g/mol. The third kappa shape index (κ3) is 3.27. The number of halogens is 1. The molecule has 3 rings (SSSR count). The average molecular weight is 302 g/mol. The number of amides is 2. The van der Waals surface area contributed by atoms with Gasteiger partial charge in [0.1, 0.15) is 11.6 Å². The molecule has 1 aliphatic rings. The van der Waals surface area contributed by atoms with E-state index in [1.54, 1.807) is 19.2 Å². The zero-order valence-electron chi connectivity index (χ0n) is 12.6. The van der Waals surface area contributed by atoms with Gasteiger partial charge in [-0.05, 0) is 49.4 Å². The highest BCUT2D eigenvalue weighted by Gasteiger charge is 2.35. The number of rotatable bonds is 4. The molecule has 1 atom stereocenters. The Kier molecular flexibility index (Phi) is 3.83. The van der Waals surface area contributed by atoms with Gasteiger partial charge in [0.05, 0.1) is 6.04 Å². The van der Waals surface area contributed by atoms with Crippen molar-refractivity contribution < 1.29 is 9.18 Å². The van der Waals surface area contributed by atoms with Crippen molar-refractivity contribution in [3.8, 4) is 0 Å². The third-order valence-electron chi connectivity index (χ3n) is 3.82. The Hall–Kier alpha value is -2.37. The van der Waals surface area contributed by atoms with Gasteiger partial charge >= 0.3 is 6.03 Å². The summed E-state index contributed by atoms with van der Waals surface area (Å²) in [5.41, 5.74) is 1.21. The summed E-state index contributed by atoms with van der Waals surface area (Å²) >= 11 is 0. The molecule has 1 fully saturated rings. The second-order valence-electron chi connectivity index (χ2n) is 5.83. The number of urea groups is 1. The number of carbonyl (C=O) groups excluding carboxylic acids is 1. The molecule has 1 heterocycles. The molecule has 2 amide bonds. The van der Waals surface area contributed by atoms with Crippen LogP contribution in [0.15, 0.2) is 30.6 Å². The van der Waals surface area contributed by atoms with Gasteiger partial charge in [-0.3, -0.25) is 0 Å². The van der Waals surface area contributed by atoms with E-state index in [4.69, 9.17) is 0 Å². The van der Waals surface area contributed by atoms with Gasteiger partial charge < -0.3 is 15.2 Å². The first-order valence-electron chi connectivity index (χ1n) is 7.35. The number of carbonyl (C=O) groups is 1. The predicted octanol–water partition coefficient (Wildman–Crippen LogP) is 3.14. The van der Waals surface area contributed by atoms with E-state index in [1.165, 1.54) is 12.1 Å². The van der Waals surface area contributed by atoms with Crippen molar-refractivity contribution >= 4 is 11.7 Å². The minimum atomic E-state index is -0.363. The van der Waals surface area contributed by atoms with Crippen molar-refractivity contribution in [2.24, 2.45) is 13.0 Å². The van der Waals surface area contributed by atoms with Gasteiger partial charge in [-0.25, -0.2) is 14.2 Å². The largest absolute Gasteiger partial charge is 0.336 e. The van der Waals surface area contributed by atoms with Gasteiger partial charge in [-0.15, -0.1) is 0 Å². The van der Waals surface area contributed by atoms with Crippen LogP contribution in [-0.4, -0.2) is 15.6 Å². The van der Waals surface area contributed by atoms with Crippen molar-refractivity contribution in [2.45, 2.75) is 25.8 Å². The summed E-state index contributed by atoms with van der Waals surface area (Å²) in [6.07, 6.45) is 5.74. The number of benzene rings is 1. The van der Waals surface area contributed by atoms with Crippen LogP contribution in [0.2, 0.25) is 0 Å². The molecule has 2 N–H and O–H groups in total. The Morgan fingerprint density at radius 3 is 2.77 bits per heavy atom. The lowest BCUT2D eigenvalue weighted by Gasteiger charge is -2.18. The molecule has 1 aliphatic carbocycles. The molecular formula is C16H19FN4O. The van der Waals surface area contributed by atoms with E-state index in [-0.39, 0.29) is 17.9 Å². The normalized spacial score (nSPS) is 15.4. The van der Waals surface area contributed by atoms with Crippen molar-refractivity contribution in [3.05, 3.63) is 47.8 Å². The van der Waals surface area contributed by atoms with Gasteiger partial charge in [0.15, 0.2) is 0 Å². The molecule has 0 radical (unpaired) electrons. The summed E-state index contributed by atoms with van der Waals surface area (Å²) in [6, 6.07) is 4.00. The Morgan fingerprint density at radius 2 is 2.18 bits per heavy atom. The van der Waals surface area contributed by atoms with E-state index in [0.29, 0.717) is 11.6 Å². The fraction of sp³-hybridized carbons (Fsp3) is 0.375. The van der Waals surface area contributed by atoms with Crippen LogP contribution in [0.4, 0.5) is 14.9 Å². The van der Waals surface area contributed by atoms with Crippen molar-refractivity contribution in [3.63, 3.8) is 0 Å². The van der Waals surface area contributed by atoms with E-state index in [0.717, 1.165) is 24.2 Å². The summed E-state index contributed by atoms with van der Waals surface area (Å²) in [5, 5.41) is 5.64. The number of anilines is 1. The van der Waals surface area contributed by atoms with Crippen LogP contribution in [0.1, 0.15) is 30.3 Å². The van der Waals surface area contributed by atoms with Crippen molar-refractivity contribution in [2.75, 3.05) is 5.32 Å². The molecule has 0 aliphatic heterocycles. The van der Waals surface area contributed by atoms with Crippen molar-refractivity contribution in [1.82, 2.24) is 14.9 Å². The smallest absolute Gasteiger partial charge is 0.319 e. The SMILES string of the molecule is Cc1cc(F)cc(NC(=O)N[C@@H](c2nccn2C)C2CC2)c1. The van der Waals surface area contributed by atoms with Gasteiger partial charge in [-0.2, -0.15) is 0 Å². The molecule has 5 nitrogen and oxygen atoms in total. The van der Waals surface area contributed by atoms with Crippen LogP contribution in [0.5, 0.6) is 0 Å². The Balaban J connectivity index is 1.70. The fourth-order valence-electron chi connectivity index (χ4n) is 2.62. The highest BCUT2D eigenvalue weighted by atomic mass is 19.1. The van der Waals surface area contributed by atoms with Gasteiger partial charge in [0, 0.05) is 25.1 Å². The van der Waals surface area contributed by atoms with Gasteiger partial charge in [0.2, 0.25) is 0 Å². The zero-order chi connectivity index (χ0) is 15.7. The van der Waals surface area contributed by atoms with E-state index in [2.05, 4.69) is 15.6 Å². The molecule has 6 heteroatoms. The van der Waals surface area contributed by atoms with E-state index < -0.39 is 0 Å². The first-order chi connectivity index (χ1) is 10.5. The Morgan fingerprint density at radius 1 is 1.41 bits per heavy atom.